The van der Waals surface area contributed by atoms with Crippen molar-refractivity contribution >= 4 is 11.8 Å². The Bertz CT molecular complexity index is 328. The Hall–Kier alpha value is -1.06. The average molecular weight is 282 g/mol. The quantitative estimate of drug-likeness (QED) is 0.696. The predicted octanol–water partition coefficient (Wildman–Crippen LogP) is 2.72. The van der Waals surface area contributed by atoms with Gasteiger partial charge in [-0.25, -0.2) is 0 Å². The van der Waals surface area contributed by atoms with Crippen LogP contribution in [0.5, 0.6) is 0 Å². The van der Waals surface area contributed by atoms with Crippen LogP contribution in [0.25, 0.3) is 0 Å². The summed E-state index contributed by atoms with van der Waals surface area (Å²) in [6.45, 7) is 8.84. The number of carbonyl (C=O) groups excluding carboxylic acids is 2. The third kappa shape index (κ3) is 4.22. The van der Waals surface area contributed by atoms with E-state index in [1.54, 1.807) is 0 Å². The Morgan fingerprint density at radius 1 is 1.10 bits per heavy atom. The van der Waals surface area contributed by atoms with E-state index in [1.165, 1.54) is 19.3 Å². The maximum Gasteiger partial charge on any atom is 0.246 e. The van der Waals surface area contributed by atoms with E-state index in [2.05, 4.69) is 12.2 Å². The molecule has 0 radical (unpaired) electrons. The van der Waals surface area contributed by atoms with E-state index in [1.807, 2.05) is 25.7 Å². The van der Waals surface area contributed by atoms with Crippen LogP contribution in [-0.4, -0.2) is 35.3 Å². The van der Waals surface area contributed by atoms with E-state index in [0.717, 1.165) is 19.4 Å². The molecule has 0 spiro atoms. The molecule has 116 valence electrons. The highest BCUT2D eigenvalue weighted by molar-refractivity contribution is 5.97. The van der Waals surface area contributed by atoms with E-state index in [-0.39, 0.29) is 29.8 Å². The molecule has 4 heteroatoms. The summed E-state index contributed by atoms with van der Waals surface area (Å²) in [6, 6.07) is -0.621. The molecule has 1 saturated heterocycles. The smallest absolute Gasteiger partial charge is 0.246 e. The van der Waals surface area contributed by atoms with Crippen LogP contribution in [0.2, 0.25) is 0 Å². The van der Waals surface area contributed by atoms with Crippen LogP contribution < -0.4 is 5.32 Å². The van der Waals surface area contributed by atoms with E-state index < -0.39 is 0 Å². The highest BCUT2D eigenvalue weighted by Crippen LogP contribution is 2.18. The van der Waals surface area contributed by atoms with Crippen molar-refractivity contribution in [2.45, 2.75) is 78.3 Å². The summed E-state index contributed by atoms with van der Waals surface area (Å²) in [4.78, 5) is 26.5. The fourth-order valence-electron chi connectivity index (χ4n) is 2.79. The lowest BCUT2D eigenvalue weighted by Gasteiger charge is -2.40. The number of nitrogens with one attached hydrogen (secondary N) is 1. The van der Waals surface area contributed by atoms with Crippen molar-refractivity contribution in [3.8, 4) is 0 Å². The molecule has 0 aromatic carbocycles. The van der Waals surface area contributed by atoms with Crippen LogP contribution in [-0.2, 0) is 9.59 Å². The standard InChI is InChI=1S/C16H30N2O2/c1-5-7-8-9-10-11-18-13(6-2)15(19)17-14(12(3)4)16(18)20/h12-14H,5-11H2,1-4H3,(H,17,19). The molecule has 2 unspecified atom stereocenters. The van der Waals surface area contributed by atoms with Gasteiger partial charge in [-0.3, -0.25) is 9.59 Å². The molecule has 20 heavy (non-hydrogen) atoms. The molecule has 1 N–H and O–H groups in total. The van der Waals surface area contributed by atoms with Crippen molar-refractivity contribution in [1.29, 1.82) is 0 Å². The normalized spacial score (nSPS) is 23.4. The molecule has 1 heterocycles. The van der Waals surface area contributed by atoms with Crippen LogP contribution in [0.3, 0.4) is 0 Å². The largest absolute Gasteiger partial charge is 0.342 e. The van der Waals surface area contributed by atoms with Crippen molar-refractivity contribution in [2.24, 2.45) is 5.92 Å². The van der Waals surface area contributed by atoms with Crippen LogP contribution >= 0.6 is 0 Å². The fourth-order valence-corrected chi connectivity index (χ4v) is 2.79. The Balaban J connectivity index is 2.61. The van der Waals surface area contributed by atoms with Gasteiger partial charge in [-0.15, -0.1) is 0 Å². The second-order valence-corrected chi connectivity index (χ2v) is 6.10. The third-order valence-corrected chi connectivity index (χ3v) is 4.08. The minimum atomic E-state index is -0.346. The summed E-state index contributed by atoms with van der Waals surface area (Å²) >= 11 is 0. The molecule has 0 bridgehead atoms. The van der Waals surface area contributed by atoms with Crippen molar-refractivity contribution in [3.05, 3.63) is 0 Å². The van der Waals surface area contributed by atoms with Gasteiger partial charge in [0.05, 0.1) is 0 Å². The second-order valence-electron chi connectivity index (χ2n) is 6.10. The molecule has 1 aliphatic heterocycles. The molecule has 0 aliphatic carbocycles. The second kappa shape index (κ2) is 8.28. The summed E-state index contributed by atoms with van der Waals surface area (Å²) < 4.78 is 0. The molecule has 1 rings (SSSR count). The summed E-state index contributed by atoms with van der Waals surface area (Å²) in [5, 5.41) is 2.88. The van der Waals surface area contributed by atoms with E-state index in [0.29, 0.717) is 6.42 Å². The van der Waals surface area contributed by atoms with Gasteiger partial charge in [-0.1, -0.05) is 53.4 Å². The Morgan fingerprint density at radius 2 is 1.75 bits per heavy atom. The highest BCUT2D eigenvalue weighted by atomic mass is 16.2. The van der Waals surface area contributed by atoms with Gasteiger partial charge < -0.3 is 10.2 Å². The van der Waals surface area contributed by atoms with Crippen LogP contribution in [0, 0.1) is 5.92 Å². The molecular formula is C16H30N2O2. The molecule has 4 nitrogen and oxygen atoms in total. The SMILES string of the molecule is CCCCCCCN1C(=O)C(C(C)C)NC(=O)C1CC. The summed E-state index contributed by atoms with van der Waals surface area (Å²) in [6.07, 6.45) is 6.52. The third-order valence-electron chi connectivity index (χ3n) is 4.08. The van der Waals surface area contributed by atoms with E-state index in [4.69, 9.17) is 0 Å². The van der Waals surface area contributed by atoms with Gasteiger partial charge >= 0.3 is 0 Å². The zero-order valence-corrected chi connectivity index (χ0v) is 13.4. The zero-order chi connectivity index (χ0) is 15.1. The maximum absolute atomic E-state index is 12.5. The highest BCUT2D eigenvalue weighted by Gasteiger charge is 2.40. The maximum atomic E-state index is 12.5. The Labute approximate surface area is 123 Å². The minimum absolute atomic E-state index is 0.0133. The first kappa shape index (κ1) is 17.0. The molecule has 0 saturated carbocycles. The lowest BCUT2D eigenvalue weighted by Crippen LogP contribution is -2.64. The number of hydrogen-bond acceptors (Lipinski definition) is 2. The first-order valence-corrected chi connectivity index (χ1v) is 8.13. The first-order chi connectivity index (χ1) is 9.52. The van der Waals surface area contributed by atoms with Crippen LogP contribution in [0.4, 0.5) is 0 Å². The van der Waals surface area contributed by atoms with Crippen LogP contribution in [0.15, 0.2) is 0 Å². The lowest BCUT2D eigenvalue weighted by molar-refractivity contribution is -0.150. The molecular weight excluding hydrogens is 252 g/mol. The first-order valence-electron chi connectivity index (χ1n) is 8.13. The van der Waals surface area contributed by atoms with Crippen molar-refractivity contribution in [2.75, 3.05) is 6.54 Å². The molecule has 2 atom stereocenters. The topological polar surface area (TPSA) is 49.4 Å². The monoisotopic (exact) mass is 282 g/mol. The summed E-state index contributed by atoms with van der Waals surface area (Å²) in [7, 11) is 0. The van der Waals surface area contributed by atoms with Crippen molar-refractivity contribution in [1.82, 2.24) is 10.2 Å². The lowest BCUT2D eigenvalue weighted by atomic mass is 9.96. The Morgan fingerprint density at radius 3 is 2.30 bits per heavy atom. The number of amides is 2. The number of rotatable bonds is 8. The number of nitrogens with zero attached hydrogens (tertiary/aromatic N) is 1. The van der Waals surface area contributed by atoms with Crippen LogP contribution in [0.1, 0.15) is 66.2 Å². The molecule has 0 aromatic heterocycles. The number of carbonyl (C=O) groups is 2. The summed E-state index contributed by atoms with van der Waals surface area (Å²) in [5.74, 6) is 0.258. The molecule has 0 aromatic rings. The van der Waals surface area contributed by atoms with Gasteiger partial charge in [0.15, 0.2) is 0 Å². The van der Waals surface area contributed by atoms with E-state index in [9.17, 15) is 9.59 Å². The molecule has 1 fully saturated rings. The summed E-state index contributed by atoms with van der Waals surface area (Å²) in [5.41, 5.74) is 0. The average Bonchev–Trinajstić information content (AvgIpc) is 2.41. The van der Waals surface area contributed by atoms with Gasteiger partial charge in [0.2, 0.25) is 11.8 Å². The number of hydrogen-bond donors (Lipinski definition) is 1. The molecule has 1 aliphatic rings. The zero-order valence-electron chi connectivity index (χ0n) is 13.4. The van der Waals surface area contributed by atoms with Gasteiger partial charge in [0.1, 0.15) is 12.1 Å². The van der Waals surface area contributed by atoms with Crippen molar-refractivity contribution in [3.63, 3.8) is 0 Å². The predicted molar refractivity (Wildman–Crippen MR) is 81.3 cm³/mol. The Kier molecular flexibility index (Phi) is 7.03. The van der Waals surface area contributed by atoms with Gasteiger partial charge in [-0.05, 0) is 18.8 Å². The number of piperazine rings is 1. The van der Waals surface area contributed by atoms with Crippen molar-refractivity contribution < 1.29 is 9.59 Å². The minimum Gasteiger partial charge on any atom is -0.342 e. The fraction of sp³-hybridized carbons (Fsp3) is 0.875. The van der Waals surface area contributed by atoms with E-state index >= 15 is 0 Å². The van der Waals surface area contributed by atoms with Gasteiger partial charge in [-0.2, -0.15) is 0 Å². The number of unbranched alkanes of at least 4 members (excludes halogenated alkanes) is 4. The molecule has 2 amide bonds. The van der Waals surface area contributed by atoms with Gasteiger partial charge in [0, 0.05) is 6.54 Å². The van der Waals surface area contributed by atoms with Gasteiger partial charge in [0.25, 0.3) is 0 Å².